The molecule has 21 heavy (non-hydrogen) atoms. The van der Waals surface area contributed by atoms with Crippen LogP contribution in [0.5, 0.6) is 0 Å². The fraction of sp³-hybridized carbons (Fsp3) is 0.154. The second-order valence-corrected chi connectivity index (χ2v) is 5.31. The van der Waals surface area contributed by atoms with Gasteiger partial charge in [-0.1, -0.05) is 0 Å². The van der Waals surface area contributed by atoms with Gasteiger partial charge in [-0.05, 0) is 24.3 Å². The Morgan fingerprint density at radius 2 is 2.29 bits per heavy atom. The minimum atomic E-state index is -0.0409. The van der Waals surface area contributed by atoms with Crippen LogP contribution in [0.4, 0.5) is 5.69 Å². The van der Waals surface area contributed by atoms with E-state index in [1.165, 1.54) is 11.8 Å². The molecule has 8 heteroatoms. The average Bonchev–Trinajstić information content (AvgIpc) is 2.96. The Hall–Kier alpha value is -2.48. The second kappa shape index (κ2) is 6.31. The third-order valence-corrected chi connectivity index (χ3v) is 3.58. The molecule has 3 aromatic rings. The van der Waals surface area contributed by atoms with Crippen LogP contribution in [0.15, 0.2) is 48.0 Å². The van der Waals surface area contributed by atoms with Gasteiger partial charge >= 0.3 is 0 Å². The van der Waals surface area contributed by atoms with Crippen molar-refractivity contribution in [1.82, 2.24) is 24.8 Å². The quantitative estimate of drug-likeness (QED) is 0.721. The monoisotopic (exact) mass is 300 g/mol. The molecule has 7 nitrogen and oxygen atoms in total. The van der Waals surface area contributed by atoms with Crippen molar-refractivity contribution in [1.29, 1.82) is 0 Å². The van der Waals surface area contributed by atoms with E-state index in [0.717, 1.165) is 5.03 Å². The number of thioether (sulfide) groups is 1. The van der Waals surface area contributed by atoms with E-state index in [0.29, 0.717) is 23.5 Å². The number of anilines is 1. The van der Waals surface area contributed by atoms with Crippen molar-refractivity contribution in [3.63, 3.8) is 0 Å². The van der Waals surface area contributed by atoms with Gasteiger partial charge in [0.1, 0.15) is 11.4 Å². The zero-order chi connectivity index (χ0) is 14.5. The summed E-state index contributed by atoms with van der Waals surface area (Å²) in [5, 5.41) is 15.6. The number of carbonyl (C=O) groups excluding carboxylic acids is 1. The van der Waals surface area contributed by atoms with E-state index < -0.39 is 0 Å². The lowest BCUT2D eigenvalue weighted by molar-refractivity contribution is -0.115. The largest absolute Gasteiger partial charge is 0.325 e. The van der Waals surface area contributed by atoms with Crippen LogP contribution in [0.25, 0.3) is 5.65 Å². The fourth-order valence-electron chi connectivity index (χ4n) is 1.70. The Labute approximate surface area is 124 Å². The van der Waals surface area contributed by atoms with Crippen LogP contribution in [-0.2, 0) is 4.79 Å². The van der Waals surface area contributed by atoms with Crippen molar-refractivity contribution in [3.8, 4) is 0 Å². The SMILES string of the molecule is O=C(CCSc1ccc2nncn2n1)Nc1cccnc1. The van der Waals surface area contributed by atoms with Crippen LogP contribution in [0.1, 0.15) is 6.42 Å². The number of nitrogens with zero attached hydrogens (tertiary/aromatic N) is 5. The van der Waals surface area contributed by atoms with E-state index >= 15 is 0 Å². The fourth-order valence-corrected chi connectivity index (χ4v) is 2.50. The highest BCUT2D eigenvalue weighted by Gasteiger charge is 2.05. The maximum absolute atomic E-state index is 11.8. The molecule has 0 atom stereocenters. The maximum atomic E-state index is 11.8. The van der Waals surface area contributed by atoms with Crippen LogP contribution < -0.4 is 5.32 Å². The lowest BCUT2D eigenvalue weighted by Gasteiger charge is -2.04. The summed E-state index contributed by atoms with van der Waals surface area (Å²) in [6.45, 7) is 0. The molecule has 3 aromatic heterocycles. The zero-order valence-electron chi connectivity index (χ0n) is 11.0. The van der Waals surface area contributed by atoms with Gasteiger partial charge in [-0.2, -0.15) is 9.61 Å². The Morgan fingerprint density at radius 1 is 1.33 bits per heavy atom. The van der Waals surface area contributed by atoms with E-state index in [1.54, 1.807) is 35.4 Å². The summed E-state index contributed by atoms with van der Waals surface area (Å²) >= 11 is 1.51. The number of hydrogen-bond acceptors (Lipinski definition) is 6. The summed E-state index contributed by atoms with van der Waals surface area (Å²) in [4.78, 5) is 15.7. The van der Waals surface area contributed by atoms with Gasteiger partial charge in [-0.15, -0.1) is 22.0 Å². The molecule has 3 rings (SSSR count). The minimum absolute atomic E-state index is 0.0409. The molecular formula is C13H12N6OS. The van der Waals surface area contributed by atoms with Crippen molar-refractivity contribution < 1.29 is 4.79 Å². The highest BCUT2D eigenvalue weighted by Crippen LogP contribution is 2.16. The van der Waals surface area contributed by atoms with Crippen LogP contribution >= 0.6 is 11.8 Å². The van der Waals surface area contributed by atoms with Gasteiger partial charge < -0.3 is 5.32 Å². The molecule has 0 aliphatic carbocycles. The van der Waals surface area contributed by atoms with Crippen molar-refractivity contribution >= 4 is 29.0 Å². The minimum Gasteiger partial charge on any atom is -0.325 e. The van der Waals surface area contributed by atoms with Crippen molar-refractivity contribution in [2.75, 3.05) is 11.1 Å². The molecule has 0 unspecified atom stereocenters. The molecule has 0 saturated heterocycles. The zero-order valence-corrected chi connectivity index (χ0v) is 11.8. The summed E-state index contributed by atoms with van der Waals surface area (Å²) in [5.74, 6) is 0.605. The van der Waals surface area contributed by atoms with Crippen LogP contribution in [0.2, 0.25) is 0 Å². The molecule has 1 N–H and O–H groups in total. The molecule has 0 radical (unpaired) electrons. The van der Waals surface area contributed by atoms with Gasteiger partial charge in [0.05, 0.1) is 11.9 Å². The third kappa shape index (κ3) is 3.54. The van der Waals surface area contributed by atoms with E-state index in [1.807, 2.05) is 12.1 Å². The highest BCUT2D eigenvalue weighted by atomic mass is 32.2. The number of amides is 1. The van der Waals surface area contributed by atoms with Crippen LogP contribution in [0, 0.1) is 0 Å². The first-order valence-electron chi connectivity index (χ1n) is 6.31. The third-order valence-electron chi connectivity index (χ3n) is 2.66. The lowest BCUT2D eigenvalue weighted by Crippen LogP contribution is -2.12. The molecule has 0 saturated carbocycles. The number of fused-ring (bicyclic) bond motifs is 1. The molecule has 1 amide bonds. The number of hydrogen-bond donors (Lipinski definition) is 1. The van der Waals surface area contributed by atoms with Gasteiger partial charge in [0.25, 0.3) is 0 Å². The summed E-state index contributed by atoms with van der Waals surface area (Å²) in [6.07, 6.45) is 5.24. The molecule has 0 aromatic carbocycles. The predicted octanol–water partition coefficient (Wildman–Crippen LogP) is 1.64. The van der Waals surface area contributed by atoms with Gasteiger partial charge in [0, 0.05) is 18.4 Å². The summed E-state index contributed by atoms with van der Waals surface area (Å²) in [7, 11) is 0. The smallest absolute Gasteiger partial charge is 0.225 e. The van der Waals surface area contributed by atoms with Gasteiger partial charge in [0.15, 0.2) is 5.65 Å². The van der Waals surface area contributed by atoms with Crippen molar-refractivity contribution in [2.24, 2.45) is 0 Å². The standard InChI is InChI=1S/C13H12N6OS/c20-12(16-10-2-1-6-14-8-10)5-7-21-13-4-3-11-17-15-9-19(11)18-13/h1-4,6,8-9H,5,7H2,(H,16,20). The molecule has 0 bridgehead atoms. The van der Waals surface area contributed by atoms with Crippen LogP contribution in [0.3, 0.4) is 0 Å². The molecule has 0 aliphatic rings. The predicted molar refractivity (Wildman–Crippen MR) is 79.0 cm³/mol. The van der Waals surface area contributed by atoms with E-state index in [4.69, 9.17) is 0 Å². The molecule has 0 aliphatic heterocycles. The van der Waals surface area contributed by atoms with Crippen molar-refractivity contribution in [3.05, 3.63) is 43.0 Å². The lowest BCUT2D eigenvalue weighted by atomic mass is 10.4. The first kappa shape index (κ1) is 13.5. The Bertz CT molecular complexity index is 745. The number of rotatable bonds is 5. The second-order valence-electron chi connectivity index (χ2n) is 4.19. The summed E-state index contributed by atoms with van der Waals surface area (Å²) in [6, 6.07) is 7.30. The van der Waals surface area contributed by atoms with E-state index in [-0.39, 0.29) is 5.91 Å². The normalized spacial score (nSPS) is 10.7. The summed E-state index contributed by atoms with van der Waals surface area (Å²) in [5.41, 5.74) is 1.41. The Morgan fingerprint density at radius 3 is 3.14 bits per heavy atom. The maximum Gasteiger partial charge on any atom is 0.225 e. The van der Waals surface area contributed by atoms with Crippen LogP contribution in [-0.4, -0.2) is 36.5 Å². The highest BCUT2D eigenvalue weighted by molar-refractivity contribution is 7.99. The Kier molecular flexibility index (Phi) is 4.06. The average molecular weight is 300 g/mol. The van der Waals surface area contributed by atoms with Gasteiger partial charge in [-0.25, -0.2) is 0 Å². The first-order chi connectivity index (χ1) is 10.3. The number of nitrogens with one attached hydrogen (secondary N) is 1. The molecule has 3 heterocycles. The van der Waals surface area contributed by atoms with E-state index in [9.17, 15) is 4.79 Å². The molecular weight excluding hydrogens is 288 g/mol. The number of aromatic nitrogens is 5. The molecule has 106 valence electrons. The van der Waals surface area contributed by atoms with Gasteiger partial charge in [0.2, 0.25) is 5.91 Å². The van der Waals surface area contributed by atoms with E-state index in [2.05, 4.69) is 25.6 Å². The number of pyridine rings is 1. The summed E-state index contributed by atoms with van der Waals surface area (Å²) < 4.78 is 1.61. The Balaban J connectivity index is 1.50. The number of carbonyl (C=O) groups is 1. The first-order valence-corrected chi connectivity index (χ1v) is 7.29. The molecule has 0 fully saturated rings. The van der Waals surface area contributed by atoms with Gasteiger partial charge in [-0.3, -0.25) is 9.78 Å². The molecule has 0 spiro atoms. The van der Waals surface area contributed by atoms with Crippen molar-refractivity contribution in [2.45, 2.75) is 11.4 Å². The topological polar surface area (TPSA) is 85.1 Å².